The molecule has 0 aliphatic rings. The van der Waals surface area contributed by atoms with Gasteiger partial charge in [0, 0.05) is 18.4 Å². The van der Waals surface area contributed by atoms with Gasteiger partial charge in [0.1, 0.15) is 5.82 Å². The van der Waals surface area contributed by atoms with Crippen molar-refractivity contribution in [2.24, 2.45) is 0 Å². The van der Waals surface area contributed by atoms with Gasteiger partial charge >= 0.3 is 0 Å². The van der Waals surface area contributed by atoms with Crippen LogP contribution in [0.1, 0.15) is 5.56 Å². The third-order valence-corrected chi connectivity index (χ3v) is 2.47. The SMILES string of the molecule is Fc1ccc(CN(CCBr)CC(F)F)cc1. The lowest BCUT2D eigenvalue weighted by Gasteiger charge is -2.20. The van der Waals surface area contributed by atoms with E-state index in [0.717, 1.165) is 5.56 Å². The molecule has 0 saturated carbocycles. The van der Waals surface area contributed by atoms with Crippen LogP contribution in [0, 0.1) is 5.82 Å². The van der Waals surface area contributed by atoms with Crippen LogP contribution in [-0.2, 0) is 6.54 Å². The highest BCUT2D eigenvalue weighted by atomic mass is 79.9. The number of alkyl halides is 3. The number of hydrogen-bond acceptors (Lipinski definition) is 1. The van der Waals surface area contributed by atoms with Crippen molar-refractivity contribution in [3.05, 3.63) is 35.6 Å². The molecular formula is C11H13BrF3N. The molecule has 0 unspecified atom stereocenters. The first kappa shape index (κ1) is 13.5. The van der Waals surface area contributed by atoms with Crippen molar-refractivity contribution in [1.82, 2.24) is 4.90 Å². The van der Waals surface area contributed by atoms with E-state index >= 15 is 0 Å². The van der Waals surface area contributed by atoms with Gasteiger partial charge < -0.3 is 0 Å². The molecule has 0 amide bonds. The van der Waals surface area contributed by atoms with Gasteiger partial charge in [-0.3, -0.25) is 4.90 Å². The van der Waals surface area contributed by atoms with Crippen LogP contribution in [-0.4, -0.2) is 29.7 Å². The Bertz CT molecular complexity index is 303. The molecule has 1 aromatic carbocycles. The van der Waals surface area contributed by atoms with Gasteiger partial charge in [-0.05, 0) is 17.7 Å². The first-order chi connectivity index (χ1) is 7.61. The van der Waals surface area contributed by atoms with E-state index in [0.29, 0.717) is 18.4 Å². The number of hydrogen-bond donors (Lipinski definition) is 0. The fraction of sp³-hybridized carbons (Fsp3) is 0.455. The largest absolute Gasteiger partial charge is 0.293 e. The maximum atomic E-state index is 12.6. The lowest BCUT2D eigenvalue weighted by atomic mass is 10.2. The van der Waals surface area contributed by atoms with Crippen molar-refractivity contribution in [3.63, 3.8) is 0 Å². The molecular weight excluding hydrogens is 283 g/mol. The summed E-state index contributed by atoms with van der Waals surface area (Å²) in [6, 6.07) is 5.90. The van der Waals surface area contributed by atoms with Crippen molar-refractivity contribution < 1.29 is 13.2 Å². The quantitative estimate of drug-likeness (QED) is 0.728. The fourth-order valence-corrected chi connectivity index (χ4v) is 1.90. The van der Waals surface area contributed by atoms with Crippen LogP contribution in [0.15, 0.2) is 24.3 Å². The van der Waals surface area contributed by atoms with Crippen molar-refractivity contribution in [1.29, 1.82) is 0 Å². The summed E-state index contributed by atoms with van der Waals surface area (Å²) in [5.74, 6) is -0.315. The highest BCUT2D eigenvalue weighted by molar-refractivity contribution is 9.09. The summed E-state index contributed by atoms with van der Waals surface area (Å²) < 4.78 is 37.2. The van der Waals surface area contributed by atoms with Crippen molar-refractivity contribution in [2.75, 3.05) is 18.4 Å². The minimum Gasteiger partial charge on any atom is -0.293 e. The number of rotatable bonds is 6. The van der Waals surface area contributed by atoms with E-state index in [1.54, 1.807) is 17.0 Å². The molecule has 1 rings (SSSR count). The molecule has 0 radical (unpaired) electrons. The van der Waals surface area contributed by atoms with Gasteiger partial charge in [0.15, 0.2) is 0 Å². The van der Waals surface area contributed by atoms with E-state index in [1.165, 1.54) is 12.1 Å². The molecule has 0 N–H and O–H groups in total. The number of benzene rings is 1. The van der Waals surface area contributed by atoms with Gasteiger partial charge in [0.2, 0.25) is 0 Å². The molecule has 0 fully saturated rings. The molecule has 0 aliphatic heterocycles. The molecule has 0 saturated heterocycles. The van der Waals surface area contributed by atoms with Crippen LogP contribution in [0.25, 0.3) is 0 Å². The minimum absolute atomic E-state index is 0.261. The smallest absolute Gasteiger partial charge is 0.251 e. The average molecular weight is 296 g/mol. The number of nitrogens with zero attached hydrogens (tertiary/aromatic N) is 1. The van der Waals surface area contributed by atoms with Crippen molar-refractivity contribution in [3.8, 4) is 0 Å². The summed E-state index contributed by atoms with van der Waals surface area (Å²) in [5, 5.41) is 0.640. The summed E-state index contributed by atoms with van der Waals surface area (Å²) in [6.45, 7) is 0.695. The molecule has 0 atom stereocenters. The molecule has 1 aromatic rings. The lowest BCUT2D eigenvalue weighted by molar-refractivity contribution is 0.0881. The van der Waals surface area contributed by atoms with Crippen LogP contribution >= 0.6 is 15.9 Å². The second-order valence-corrected chi connectivity index (χ2v) is 4.23. The normalized spacial score (nSPS) is 11.4. The molecule has 0 aromatic heterocycles. The van der Waals surface area contributed by atoms with Crippen molar-refractivity contribution in [2.45, 2.75) is 13.0 Å². The van der Waals surface area contributed by atoms with E-state index in [2.05, 4.69) is 15.9 Å². The van der Waals surface area contributed by atoms with Crippen LogP contribution in [0.5, 0.6) is 0 Å². The molecule has 0 aliphatic carbocycles. The van der Waals surface area contributed by atoms with Gasteiger partial charge in [-0.2, -0.15) is 0 Å². The molecule has 16 heavy (non-hydrogen) atoms. The Labute approximate surface area is 101 Å². The van der Waals surface area contributed by atoms with Crippen molar-refractivity contribution >= 4 is 15.9 Å². The van der Waals surface area contributed by atoms with E-state index in [1.807, 2.05) is 0 Å². The predicted octanol–water partition coefficient (Wildman–Crippen LogP) is 3.29. The van der Waals surface area contributed by atoms with Gasteiger partial charge in [-0.15, -0.1) is 0 Å². The Morgan fingerprint density at radius 2 is 1.81 bits per heavy atom. The zero-order valence-corrected chi connectivity index (χ0v) is 10.3. The second-order valence-electron chi connectivity index (χ2n) is 3.44. The zero-order chi connectivity index (χ0) is 12.0. The predicted molar refractivity (Wildman–Crippen MR) is 61.5 cm³/mol. The van der Waals surface area contributed by atoms with Crippen LogP contribution in [0.3, 0.4) is 0 Å². The molecule has 0 bridgehead atoms. The highest BCUT2D eigenvalue weighted by Crippen LogP contribution is 2.08. The van der Waals surface area contributed by atoms with Gasteiger partial charge in [-0.25, -0.2) is 13.2 Å². The Balaban J connectivity index is 2.56. The van der Waals surface area contributed by atoms with Gasteiger partial charge in [0.05, 0.1) is 6.54 Å². The Morgan fingerprint density at radius 3 is 2.31 bits per heavy atom. The molecule has 90 valence electrons. The topological polar surface area (TPSA) is 3.24 Å². The van der Waals surface area contributed by atoms with E-state index in [9.17, 15) is 13.2 Å². The number of halogens is 4. The first-order valence-corrected chi connectivity index (χ1v) is 6.05. The summed E-state index contributed by atoms with van der Waals surface area (Å²) in [6.07, 6.45) is -2.35. The standard InChI is InChI=1S/C11H13BrF3N/c12-5-6-16(8-11(14)15)7-9-1-3-10(13)4-2-9/h1-4,11H,5-8H2. The summed E-state index contributed by atoms with van der Waals surface area (Å²) >= 11 is 3.22. The zero-order valence-electron chi connectivity index (χ0n) is 8.67. The average Bonchev–Trinajstić information content (AvgIpc) is 2.21. The molecule has 0 heterocycles. The Kier molecular flexibility index (Phi) is 5.84. The fourth-order valence-electron chi connectivity index (χ4n) is 1.40. The third-order valence-electron chi connectivity index (χ3n) is 2.12. The summed E-state index contributed by atoms with van der Waals surface area (Å²) in [4.78, 5) is 1.63. The third kappa shape index (κ3) is 4.99. The van der Waals surface area contributed by atoms with Crippen LogP contribution in [0.2, 0.25) is 0 Å². The highest BCUT2D eigenvalue weighted by Gasteiger charge is 2.11. The Hall–Kier alpha value is -0.550. The molecule has 0 spiro atoms. The first-order valence-electron chi connectivity index (χ1n) is 4.92. The lowest BCUT2D eigenvalue weighted by Crippen LogP contribution is -2.30. The summed E-state index contributed by atoms with van der Waals surface area (Å²) in [7, 11) is 0. The Morgan fingerprint density at radius 1 is 1.19 bits per heavy atom. The molecule has 1 nitrogen and oxygen atoms in total. The van der Waals surface area contributed by atoms with E-state index in [-0.39, 0.29) is 12.4 Å². The maximum absolute atomic E-state index is 12.6. The summed E-state index contributed by atoms with van der Waals surface area (Å²) in [5.41, 5.74) is 0.836. The van der Waals surface area contributed by atoms with Crippen LogP contribution in [0.4, 0.5) is 13.2 Å². The minimum atomic E-state index is -2.35. The van der Waals surface area contributed by atoms with E-state index < -0.39 is 6.43 Å². The van der Waals surface area contributed by atoms with Gasteiger partial charge in [0.25, 0.3) is 6.43 Å². The monoisotopic (exact) mass is 295 g/mol. The van der Waals surface area contributed by atoms with E-state index in [4.69, 9.17) is 0 Å². The maximum Gasteiger partial charge on any atom is 0.251 e. The van der Waals surface area contributed by atoms with Crippen LogP contribution < -0.4 is 0 Å². The van der Waals surface area contributed by atoms with Gasteiger partial charge in [-0.1, -0.05) is 28.1 Å². The second kappa shape index (κ2) is 6.91. The molecule has 5 heteroatoms.